The number of ether oxygens (including phenoxy) is 2. The maximum absolute atomic E-state index is 17.2. The number of nitro benzene ring substituents is 1. The van der Waals surface area contributed by atoms with Gasteiger partial charge in [0.15, 0.2) is 4.90 Å². The van der Waals surface area contributed by atoms with E-state index in [1.807, 2.05) is 88.4 Å². The lowest BCUT2D eigenvalue weighted by Crippen LogP contribution is -2.67. The number of hydrogen-bond acceptors (Lipinski definition) is 9. The Morgan fingerprint density at radius 2 is 1.53 bits per heavy atom. The highest BCUT2D eigenvalue weighted by Crippen LogP contribution is 2.44. The van der Waals surface area contributed by atoms with Gasteiger partial charge in [0.05, 0.1) is 47.5 Å². The molecule has 0 atom stereocenters. The Morgan fingerprint density at radius 1 is 0.868 bits per heavy atom. The maximum Gasteiger partial charge on any atom is 0.355 e. The summed E-state index contributed by atoms with van der Waals surface area (Å²) in [4.78, 5) is 25.1. The SMILES string of the molecule is CCOC(=O)c1c(CCCOc2cccc3cc(F)ccc23)c2ccc(Cl)c(-c3c(CNS(=O)(=O)c4ccccc4[N+](=O)[O-])nn(C)c3CC)c2n1CCC(F)(F)CO[Si](c1ccccc1)(c1ccccc1)C(C)(C)C. The van der Waals surface area contributed by atoms with Crippen molar-refractivity contribution in [1.82, 2.24) is 19.1 Å². The fourth-order valence-corrected chi connectivity index (χ4v) is 16.2. The number of aromatic nitrogens is 3. The first-order valence-electron chi connectivity index (χ1n) is 25.0. The Kier molecular flexibility index (Phi) is 16.6. The number of rotatable bonds is 22. The number of fused-ring (bicyclic) bond motifs is 2. The van der Waals surface area contributed by atoms with Crippen molar-refractivity contribution in [1.29, 1.82) is 0 Å². The lowest BCUT2D eigenvalue weighted by atomic mass is 9.97. The first kappa shape index (κ1) is 55.4. The molecule has 13 nitrogen and oxygen atoms in total. The summed E-state index contributed by atoms with van der Waals surface area (Å²) >= 11 is 7.28. The van der Waals surface area contributed by atoms with Gasteiger partial charge >= 0.3 is 5.97 Å². The third-order valence-corrected chi connectivity index (χ3v) is 20.3. The van der Waals surface area contributed by atoms with Crippen LogP contribution in [-0.2, 0) is 52.2 Å². The number of benzene rings is 6. The number of carbonyl (C=O) groups excluding carboxylic acids is 1. The van der Waals surface area contributed by atoms with Crippen molar-refractivity contribution in [3.63, 3.8) is 0 Å². The van der Waals surface area contributed by atoms with E-state index in [2.05, 4.69) is 4.72 Å². The van der Waals surface area contributed by atoms with Crippen molar-refractivity contribution in [3.05, 3.63) is 177 Å². The molecule has 0 radical (unpaired) electrons. The number of halogens is 4. The minimum Gasteiger partial charge on any atom is -0.493 e. The molecule has 1 N–H and O–H groups in total. The van der Waals surface area contributed by atoms with E-state index in [1.54, 1.807) is 55.1 Å². The molecule has 8 aromatic rings. The number of aryl methyl sites for hydroxylation is 3. The van der Waals surface area contributed by atoms with Gasteiger partial charge in [-0.3, -0.25) is 14.8 Å². The molecule has 0 fully saturated rings. The summed E-state index contributed by atoms with van der Waals surface area (Å²) in [6.45, 7) is 7.80. The summed E-state index contributed by atoms with van der Waals surface area (Å²) in [5, 5.41) is 19.7. The highest BCUT2D eigenvalue weighted by atomic mass is 35.5. The van der Waals surface area contributed by atoms with Gasteiger partial charge in [0.2, 0.25) is 10.0 Å². The van der Waals surface area contributed by atoms with Crippen LogP contribution in [0.1, 0.15) is 74.9 Å². The quantitative estimate of drug-likeness (QED) is 0.0229. The van der Waals surface area contributed by atoms with E-state index >= 15 is 8.78 Å². The summed E-state index contributed by atoms with van der Waals surface area (Å²) in [6, 6.07) is 37.0. The summed E-state index contributed by atoms with van der Waals surface area (Å²) in [5.41, 5.74) is 1.62. The third kappa shape index (κ3) is 11.2. The normalized spacial score (nSPS) is 12.4. The number of hydrogen-bond donors (Lipinski definition) is 1. The van der Waals surface area contributed by atoms with Crippen LogP contribution in [0.3, 0.4) is 0 Å². The van der Waals surface area contributed by atoms with Crippen molar-refractivity contribution in [2.24, 2.45) is 7.05 Å². The van der Waals surface area contributed by atoms with Crippen LogP contribution in [0.2, 0.25) is 10.1 Å². The number of carbonyl (C=O) groups is 1. The van der Waals surface area contributed by atoms with E-state index in [9.17, 15) is 27.7 Å². The van der Waals surface area contributed by atoms with Gasteiger partial charge in [-0.05, 0) is 88.9 Å². The van der Waals surface area contributed by atoms with Gasteiger partial charge in [0.1, 0.15) is 17.3 Å². The lowest BCUT2D eigenvalue weighted by Gasteiger charge is -2.43. The van der Waals surface area contributed by atoms with E-state index in [-0.39, 0.29) is 41.9 Å². The fourth-order valence-electron chi connectivity index (χ4n) is 10.3. The van der Waals surface area contributed by atoms with Gasteiger partial charge in [0.25, 0.3) is 19.9 Å². The van der Waals surface area contributed by atoms with E-state index in [4.69, 9.17) is 30.6 Å². The molecule has 0 spiro atoms. The van der Waals surface area contributed by atoms with Crippen molar-refractivity contribution in [2.75, 3.05) is 19.8 Å². The largest absolute Gasteiger partial charge is 0.493 e. The molecule has 0 unspecified atom stereocenters. The summed E-state index contributed by atoms with van der Waals surface area (Å²) in [5.74, 6) is -4.11. The van der Waals surface area contributed by atoms with Crippen LogP contribution in [0.15, 0.2) is 138 Å². The molecule has 8 rings (SSSR count). The lowest BCUT2D eigenvalue weighted by molar-refractivity contribution is -0.387. The molecular formula is C57H59ClF3N5O8SSi. The predicted octanol–water partition coefficient (Wildman–Crippen LogP) is 11.7. The molecule has 76 heavy (non-hydrogen) atoms. The van der Waals surface area contributed by atoms with E-state index in [1.165, 1.54) is 28.8 Å². The number of esters is 1. The second kappa shape index (κ2) is 22.8. The van der Waals surface area contributed by atoms with Gasteiger partial charge in [-0.1, -0.05) is 130 Å². The molecule has 0 aliphatic rings. The van der Waals surface area contributed by atoms with Gasteiger partial charge in [0, 0.05) is 53.7 Å². The first-order chi connectivity index (χ1) is 36.2. The second-order valence-corrected chi connectivity index (χ2v) is 25.9. The summed E-state index contributed by atoms with van der Waals surface area (Å²) in [6.07, 6.45) is 0.0707. The minimum atomic E-state index is -4.52. The molecule has 0 saturated heterocycles. The maximum atomic E-state index is 17.2. The van der Waals surface area contributed by atoms with Crippen LogP contribution < -0.4 is 19.8 Å². The third-order valence-electron chi connectivity index (χ3n) is 13.6. The van der Waals surface area contributed by atoms with Crippen LogP contribution in [0, 0.1) is 15.9 Å². The molecular weight excluding hydrogens is 1040 g/mol. The van der Waals surface area contributed by atoms with Crippen molar-refractivity contribution < 1.29 is 45.2 Å². The highest BCUT2D eigenvalue weighted by Gasteiger charge is 2.52. The van der Waals surface area contributed by atoms with E-state index in [0.717, 1.165) is 22.5 Å². The van der Waals surface area contributed by atoms with Crippen molar-refractivity contribution in [2.45, 2.75) is 89.2 Å². The van der Waals surface area contributed by atoms with E-state index in [0.29, 0.717) is 62.7 Å². The van der Waals surface area contributed by atoms with Crippen LogP contribution >= 0.6 is 11.6 Å². The predicted molar refractivity (Wildman–Crippen MR) is 292 cm³/mol. The Labute approximate surface area is 445 Å². The molecule has 2 aromatic heterocycles. The molecule has 398 valence electrons. The minimum absolute atomic E-state index is 0.0188. The average Bonchev–Trinajstić information content (AvgIpc) is 3.96. The number of nitrogens with one attached hydrogen (secondary N) is 1. The molecule has 6 aromatic carbocycles. The average molecular weight is 1090 g/mol. The van der Waals surface area contributed by atoms with Gasteiger partial charge in [-0.25, -0.2) is 31.1 Å². The van der Waals surface area contributed by atoms with Gasteiger partial charge in [-0.2, -0.15) is 5.10 Å². The molecule has 0 aliphatic heterocycles. The monoisotopic (exact) mass is 1090 g/mol. The van der Waals surface area contributed by atoms with Crippen molar-refractivity contribution in [3.8, 4) is 16.9 Å². The molecule has 0 amide bonds. The summed E-state index contributed by atoms with van der Waals surface area (Å²) in [7, 11) is -6.28. The zero-order chi connectivity index (χ0) is 54.6. The van der Waals surface area contributed by atoms with Gasteiger partial charge < -0.3 is 18.5 Å². The fraction of sp³-hybridized carbons (Fsp3) is 0.298. The van der Waals surface area contributed by atoms with Crippen molar-refractivity contribution >= 4 is 73.6 Å². The number of alkyl halides is 2. The smallest absolute Gasteiger partial charge is 0.355 e. The molecule has 0 saturated carbocycles. The first-order valence-corrected chi connectivity index (χ1v) is 28.7. The zero-order valence-corrected chi connectivity index (χ0v) is 45.6. The Bertz CT molecular complexity index is 3500. The molecule has 0 bridgehead atoms. The second-order valence-electron chi connectivity index (χ2n) is 19.4. The highest BCUT2D eigenvalue weighted by molar-refractivity contribution is 7.89. The number of nitrogens with zero attached hydrogens (tertiary/aromatic N) is 4. The zero-order valence-electron chi connectivity index (χ0n) is 43.0. The topological polar surface area (TPSA) is 157 Å². The number of sulfonamides is 1. The van der Waals surface area contributed by atoms with Crippen LogP contribution in [0.4, 0.5) is 18.9 Å². The van der Waals surface area contributed by atoms with Crippen LogP contribution in [-0.4, -0.2) is 67.7 Å². The van der Waals surface area contributed by atoms with Crippen LogP contribution in [0.5, 0.6) is 5.75 Å². The number of nitro groups is 1. The Hall–Kier alpha value is -6.83. The van der Waals surface area contributed by atoms with Crippen LogP contribution in [0.25, 0.3) is 32.8 Å². The molecule has 0 aliphatic carbocycles. The summed E-state index contributed by atoms with van der Waals surface area (Å²) < 4.78 is 101. The standard InChI is InChI=1S/C57H59ClF3N5O8SSi/c1-7-47-52(46(63-64(47)6)36-62-75(70,71)50-27-16-15-25-48(50)66(68)69)51-45(58)31-30-44-43(24-18-34-73-49-26-17-19-38-35-39(59)28-29-42(38)49)54(55(67)72-8-2)65(53(44)51)33-32-57(60,61)37-74-76(56(3,4)5,40-20-11-9-12-21-40)41-22-13-10-14-23-41/h9-17,19-23,25-31,35,62H,7-8,18,24,32-34,36-37H2,1-6H3. The number of para-hydroxylation sites is 1. The Morgan fingerprint density at radius 3 is 2.17 bits per heavy atom. The molecule has 19 heteroatoms. The Balaban J connectivity index is 1.25. The molecule has 2 heterocycles. The van der Waals surface area contributed by atoms with E-state index < -0.39 is 76.9 Å². The van der Waals surface area contributed by atoms with Gasteiger partial charge in [-0.15, -0.1) is 0 Å².